The molecule has 0 heterocycles. The first kappa shape index (κ1) is 18.0. The van der Waals surface area contributed by atoms with Crippen molar-refractivity contribution >= 4 is 6.16 Å². The third kappa shape index (κ3) is 8.76. The summed E-state index contributed by atoms with van der Waals surface area (Å²) in [5.74, 6) is 0. The van der Waals surface area contributed by atoms with Gasteiger partial charge in [-0.3, -0.25) is 0 Å². The summed E-state index contributed by atoms with van der Waals surface area (Å²) in [6.45, 7) is 12.0. The van der Waals surface area contributed by atoms with E-state index in [1.807, 2.05) is 26.8 Å². The van der Waals surface area contributed by atoms with Gasteiger partial charge in [0, 0.05) is 11.6 Å². The van der Waals surface area contributed by atoms with Crippen molar-refractivity contribution in [2.45, 2.75) is 90.5 Å². The van der Waals surface area contributed by atoms with E-state index in [1.165, 1.54) is 0 Å². The first-order valence-corrected chi connectivity index (χ1v) is 7.89. The van der Waals surface area contributed by atoms with Crippen molar-refractivity contribution in [3.63, 3.8) is 0 Å². The van der Waals surface area contributed by atoms with Crippen LogP contribution in [-0.4, -0.2) is 29.4 Å². The predicted molar refractivity (Wildman–Crippen MR) is 85.4 cm³/mol. The van der Waals surface area contributed by atoms with Gasteiger partial charge in [0.15, 0.2) is 0 Å². The zero-order valence-electron chi connectivity index (χ0n) is 14.4. The lowest BCUT2D eigenvalue weighted by molar-refractivity contribution is -0.0204. The molecule has 0 amide bonds. The summed E-state index contributed by atoms with van der Waals surface area (Å²) in [5.41, 5.74) is -0.409. The SMILES string of the molecule is CC(C)(C)NC1CC/C=C/C(OC(=O)OC(C)(C)C)CC1. The molecule has 0 aromatic heterocycles. The average Bonchev–Trinajstić information content (AvgIpc) is 2.22. The molecule has 0 aromatic rings. The first-order valence-electron chi connectivity index (χ1n) is 7.89. The molecule has 0 saturated carbocycles. The maximum absolute atomic E-state index is 11.7. The highest BCUT2D eigenvalue weighted by molar-refractivity contribution is 5.61. The first-order chi connectivity index (χ1) is 9.55. The topological polar surface area (TPSA) is 47.6 Å². The summed E-state index contributed by atoms with van der Waals surface area (Å²) in [6, 6.07) is 0.458. The van der Waals surface area contributed by atoms with Gasteiger partial charge in [0.2, 0.25) is 0 Å². The summed E-state index contributed by atoms with van der Waals surface area (Å²) >= 11 is 0. The molecule has 1 N–H and O–H groups in total. The second kappa shape index (κ2) is 7.30. The van der Waals surface area contributed by atoms with Crippen molar-refractivity contribution < 1.29 is 14.3 Å². The molecule has 1 aliphatic carbocycles. The van der Waals surface area contributed by atoms with Crippen LogP contribution in [0.5, 0.6) is 0 Å². The molecule has 122 valence electrons. The van der Waals surface area contributed by atoms with E-state index in [0.717, 1.165) is 25.7 Å². The lowest BCUT2D eigenvalue weighted by Gasteiger charge is -2.30. The van der Waals surface area contributed by atoms with Crippen LogP contribution in [0.2, 0.25) is 0 Å². The van der Waals surface area contributed by atoms with E-state index in [0.29, 0.717) is 6.04 Å². The van der Waals surface area contributed by atoms with Crippen LogP contribution >= 0.6 is 0 Å². The highest BCUT2D eigenvalue weighted by Crippen LogP contribution is 2.19. The van der Waals surface area contributed by atoms with E-state index in [1.54, 1.807) is 0 Å². The number of rotatable bonds is 2. The van der Waals surface area contributed by atoms with Crippen LogP contribution in [-0.2, 0) is 9.47 Å². The summed E-state index contributed by atoms with van der Waals surface area (Å²) in [6.07, 6.45) is 7.25. The Balaban J connectivity index is 2.50. The van der Waals surface area contributed by atoms with E-state index in [-0.39, 0.29) is 11.6 Å². The number of nitrogens with one attached hydrogen (secondary N) is 1. The highest BCUT2D eigenvalue weighted by Gasteiger charge is 2.23. The Kier molecular flexibility index (Phi) is 6.26. The lowest BCUT2D eigenvalue weighted by Crippen LogP contribution is -2.44. The normalized spacial score (nSPS) is 25.6. The van der Waals surface area contributed by atoms with Crippen LogP contribution in [0.25, 0.3) is 0 Å². The van der Waals surface area contributed by atoms with Crippen molar-refractivity contribution in [3.8, 4) is 0 Å². The fourth-order valence-electron chi connectivity index (χ4n) is 2.40. The molecule has 1 aliphatic rings. The van der Waals surface area contributed by atoms with E-state index < -0.39 is 11.8 Å². The number of hydrogen-bond acceptors (Lipinski definition) is 4. The average molecular weight is 297 g/mol. The van der Waals surface area contributed by atoms with Crippen molar-refractivity contribution in [1.82, 2.24) is 5.32 Å². The van der Waals surface area contributed by atoms with Gasteiger partial charge >= 0.3 is 6.16 Å². The summed E-state index contributed by atoms with van der Waals surface area (Å²) < 4.78 is 10.6. The second-order valence-corrected chi connectivity index (χ2v) is 7.79. The molecule has 4 heteroatoms. The lowest BCUT2D eigenvalue weighted by atomic mass is 9.96. The molecule has 1 rings (SSSR count). The molecule has 2 unspecified atom stereocenters. The summed E-state index contributed by atoms with van der Waals surface area (Å²) in [4.78, 5) is 11.7. The zero-order valence-corrected chi connectivity index (χ0v) is 14.4. The minimum absolute atomic E-state index is 0.106. The van der Waals surface area contributed by atoms with E-state index in [2.05, 4.69) is 32.2 Å². The van der Waals surface area contributed by atoms with Crippen molar-refractivity contribution in [1.29, 1.82) is 0 Å². The molecule has 0 bridgehead atoms. The van der Waals surface area contributed by atoms with Gasteiger partial charge in [-0.2, -0.15) is 0 Å². The number of ether oxygens (including phenoxy) is 2. The monoisotopic (exact) mass is 297 g/mol. The van der Waals surface area contributed by atoms with E-state index >= 15 is 0 Å². The fraction of sp³-hybridized carbons (Fsp3) is 0.824. The number of carbonyl (C=O) groups excluding carboxylic acids is 1. The smallest absolute Gasteiger partial charge is 0.429 e. The molecule has 0 fully saturated rings. The van der Waals surface area contributed by atoms with Gasteiger partial charge in [-0.1, -0.05) is 6.08 Å². The Morgan fingerprint density at radius 1 is 1.10 bits per heavy atom. The third-order valence-electron chi connectivity index (χ3n) is 3.11. The Labute approximate surface area is 129 Å². The van der Waals surface area contributed by atoms with Gasteiger partial charge in [-0.15, -0.1) is 0 Å². The molecular formula is C17H31NO3. The third-order valence-corrected chi connectivity index (χ3v) is 3.11. The maximum Gasteiger partial charge on any atom is 0.509 e. The van der Waals surface area contributed by atoms with Gasteiger partial charge in [0.25, 0.3) is 0 Å². The van der Waals surface area contributed by atoms with Gasteiger partial charge in [0.1, 0.15) is 11.7 Å². The molecule has 21 heavy (non-hydrogen) atoms. The van der Waals surface area contributed by atoms with Crippen LogP contribution in [0.4, 0.5) is 4.79 Å². The van der Waals surface area contributed by atoms with Crippen LogP contribution in [0.3, 0.4) is 0 Å². The van der Waals surface area contributed by atoms with Gasteiger partial charge in [-0.25, -0.2) is 4.79 Å². The predicted octanol–water partition coefficient (Wildman–Crippen LogP) is 4.19. The Morgan fingerprint density at radius 2 is 1.76 bits per heavy atom. The maximum atomic E-state index is 11.7. The largest absolute Gasteiger partial charge is 0.509 e. The van der Waals surface area contributed by atoms with Crippen LogP contribution in [0.1, 0.15) is 67.2 Å². The van der Waals surface area contributed by atoms with Crippen molar-refractivity contribution in [2.75, 3.05) is 0 Å². The number of hydrogen-bond donors (Lipinski definition) is 1. The van der Waals surface area contributed by atoms with E-state index in [9.17, 15) is 4.79 Å². The fourth-order valence-corrected chi connectivity index (χ4v) is 2.40. The van der Waals surface area contributed by atoms with Gasteiger partial charge in [-0.05, 0) is 73.3 Å². The molecule has 0 spiro atoms. The van der Waals surface area contributed by atoms with Crippen molar-refractivity contribution in [2.24, 2.45) is 0 Å². The second-order valence-electron chi connectivity index (χ2n) is 7.79. The summed E-state index contributed by atoms with van der Waals surface area (Å²) in [5, 5.41) is 3.63. The molecule has 0 saturated heterocycles. The molecule has 0 radical (unpaired) electrons. The zero-order chi connectivity index (χ0) is 16.1. The molecular weight excluding hydrogens is 266 g/mol. The number of carbonyl (C=O) groups is 1. The minimum Gasteiger partial charge on any atom is -0.429 e. The van der Waals surface area contributed by atoms with Gasteiger partial charge < -0.3 is 14.8 Å². The Hall–Kier alpha value is -1.03. The molecule has 2 atom stereocenters. The quantitative estimate of drug-likeness (QED) is 0.613. The van der Waals surface area contributed by atoms with Gasteiger partial charge in [0.05, 0.1) is 0 Å². The van der Waals surface area contributed by atoms with Crippen LogP contribution < -0.4 is 5.32 Å². The minimum atomic E-state index is -0.585. The Bertz CT molecular complexity index is 363. The molecule has 0 aromatic carbocycles. The standard InChI is InChI=1S/C17H31NO3/c1-16(2,3)18-13-9-7-8-10-14(12-11-13)20-15(19)21-17(4,5)6/h8,10,13-14,18H,7,9,11-12H2,1-6H3/b10-8+. The van der Waals surface area contributed by atoms with Crippen LogP contribution in [0, 0.1) is 0 Å². The number of allylic oxidation sites excluding steroid dienone is 1. The summed E-state index contributed by atoms with van der Waals surface area (Å²) in [7, 11) is 0. The highest BCUT2D eigenvalue weighted by atomic mass is 16.7. The molecule has 0 aliphatic heterocycles. The van der Waals surface area contributed by atoms with Crippen LogP contribution in [0.15, 0.2) is 12.2 Å². The molecule has 4 nitrogen and oxygen atoms in total. The van der Waals surface area contributed by atoms with Crippen molar-refractivity contribution in [3.05, 3.63) is 12.2 Å². The Morgan fingerprint density at radius 3 is 2.33 bits per heavy atom. The van der Waals surface area contributed by atoms with E-state index in [4.69, 9.17) is 9.47 Å².